The van der Waals surface area contributed by atoms with Crippen LogP contribution in [0.4, 0.5) is 0 Å². The predicted octanol–water partition coefficient (Wildman–Crippen LogP) is 3.42. The van der Waals surface area contributed by atoms with Gasteiger partial charge in [-0.25, -0.2) is 0 Å². The number of phenolic OH excluding ortho intramolecular Hbond substituents is 1. The van der Waals surface area contributed by atoms with Gasteiger partial charge in [0.05, 0.1) is 0 Å². The zero-order chi connectivity index (χ0) is 12.8. The molecular weight excluding hydrogens is 246 g/mol. The van der Waals surface area contributed by atoms with Gasteiger partial charge in [-0.2, -0.15) is 0 Å². The molecule has 2 nitrogen and oxygen atoms in total. The molecule has 2 aromatic rings. The van der Waals surface area contributed by atoms with E-state index in [1.165, 1.54) is 5.56 Å². The summed E-state index contributed by atoms with van der Waals surface area (Å²) in [7, 11) is 0. The van der Waals surface area contributed by atoms with E-state index in [2.05, 4.69) is 17.4 Å². The number of alkyl halides is 1. The standard InChI is InChI=1S/C15H16ClNO/c16-9-12-3-1-4-13(7-12)10-17-11-14-5-2-6-15(18)8-14/h1-8,17-18H,9-11H2. The van der Waals surface area contributed by atoms with Crippen molar-refractivity contribution in [2.45, 2.75) is 19.0 Å². The lowest BCUT2D eigenvalue weighted by Gasteiger charge is -2.06. The molecule has 0 radical (unpaired) electrons. The molecule has 0 aliphatic carbocycles. The first-order valence-corrected chi connectivity index (χ1v) is 6.44. The van der Waals surface area contributed by atoms with Crippen molar-refractivity contribution in [3.8, 4) is 5.75 Å². The van der Waals surface area contributed by atoms with Crippen molar-refractivity contribution in [1.82, 2.24) is 5.32 Å². The average Bonchev–Trinajstić information content (AvgIpc) is 2.39. The lowest BCUT2D eigenvalue weighted by Crippen LogP contribution is -2.12. The molecule has 94 valence electrons. The third-order valence-corrected chi connectivity index (χ3v) is 3.02. The second kappa shape index (κ2) is 6.43. The van der Waals surface area contributed by atoms with Crippen LogP contribution >= 0.6 is 11.6 Å². The van der Waals surface area contributed by atoms with Gasteiger partial charge in [-0.15, -0.1) is 11.6 Å². The van der Waals surface area contributed by atoms with Gasteiger partial charge in [0.2, 0.25) is 0 Å². The second-order valence-corrected chi connectivity index (χ2v) is 4.49. The molecule has 0 heterocycles. The first-order valence-electron chi connectivity index (χ1n) is 5.90. The van der Waals surface area contributed by atoms with Crippen molar-refractivity contribution in [2.75, 3.05) is 0 Å². The summed E-state index contributed by atoms with van der Waals surface area (Å²) in [5.41, 5.74) is 3.42. The Kier molecular flexibility index (Phi) is 4.62. The van der Waals surface area contributed by atoms with Crippen LogP contribution in [0.2, 0.25) is 0 Å². The van der Waals surface area contributed by atoms with Gasteiger partial charge in [-0.3, -0.25) is 0 Å². The van der Waals surface area contributed by atoms with E-state index in [0.29, 0.717) is 11.6 Å². The van der Waals surface area contributed by atoms with Crippen molar-refractivity contribution >= 4 is 11.6 Å². The fourth-order valence-electron chi connectivity index (χ4n) is 1.84. The van der Waals surface area contributed by atoms with E-state index in [-0.39, 0.29) is 0 Å². The number of phenols is 1. The molecule has 18 heavy (non-hydrogen) atoms. The molecule has 0 fully saturated rings. The van der Waals surface area contributed by atoms with Gasteiger partial charge in [-0.05, 0) is 28.8 Å². The summed E-state index contributed by atoms with van der Waals surface area (Å²) >= 11 is 5.80. The zero-order valence-electron chi connectivity index (χ0n) is 10.1. The van der Waals surface area contributed by atoms with Crippen LogP contribution in [0.5, 0.6) is 5.75 Å². The van der Waals surface area contributed by atoms with Gasteiger partial charge in [0.1, 0.15) is 5.75 Å². The molecule has 0 aliphatic heterocycles. The van der Waals surface area contributed by atoms with E-state index in [9.17, 15) is 5.11 Å². The molecule has 2 aromatic carbocycles. The molecule has 0 spiro atoms. The Bertz CT molecular complexity index is 513. The minimum atomic E-state index is 0.304. The molecule has 0 aromatic heterocycles. The number of aromatic hydroxyl groups is 1. The first kappa shape index (κ1) is 12.9. The summed E-state index contributed by atoms with van der Waals surface area (Å²) in [6.07, 6.45) is 0. The van der Waals surface area contributed by atoms with Crippen LogP contribution in [0.1, 0.15) is 16.7 Å². The normalized spacial score (nSPS) is 10.5. The van der Waals surface area contributed by atoms with Crippen molar-refractivity contribution in [2.24, 2.45) is 0 Å². The number of hydrogen-bond acceptors (Lipinski definition) is 2. The van der Waals surface area contributed by atoms with Crippen molar-refractivity contribution in [1.29, 1.82) is 0 Å². The molecule has 0 bridgehead atoms. The Labute approximate surface area is 112 Å². The second-order valence-electron chi connectivity index (χ2n) is 4.23. The highest BCUT2D eigenvalue weighted by Gasteiger charge is 1.97. The van der Waals surface area contributed by atoms with Gasteiger partial charge in [0.15, 0.2) is 0 Å². The smallest absolute Gasteiger partial charge is 0.115 e. The van der Waals surface area contributed by atoms with Crippen LogP contribution in [0.25, 0.3) is 0 Å². The van der Waals surface area contributed by atoms with E-state index in [1.807, 2.05) is 24.3 Å². The highest BCUT2D eigenvalue weighted by molar-refractivity contribution is 6.17. The highest BCUT2D eigenvalue weighted by Crippen LogP contribution is 2.11. The minimum absolute atomic E-state index is 0.304. The van der Waals surface area contributed by atoms with Gasteiger partial charge >= 0.3 is 0 Å². The fourth-order valence-corrected chi connectivity index (χ4v) is 2.01. The Balaban J connectivity index is 1.88. The van der Waals surface area contributed by atoms with Crippen LogP contribution in [0, 0.1) is 0 Å². The fraction of sp³-hybridized carbons (Fsp3) is 0.200. The number of nitrogens with one attached hydrogen (secondary N) is 1. The predicted molar refractivity (Wildman–Crippen MR) is 74.6 cm³/mol. The van der Waals surface area contributed by atoms with Crippen LogP contribution in [-0.2, 0) is 19.0 Å². The van der Waals surface area contributed by atoms with E-state index < -0.39 is 0 Å². The van der Waals surface area contributed by atoms with Crippen molar-refractivity contribution in [3.63, 3.8) is 0 Å². The van der Waals surface area contributed by atoms with Gasteiger partial charge in [0.25, 0.3) is 0 Å². The van der Waals surface area contributed by atoms with Gasteiger partial charge < -0.3 is 10.4 Å². The monoisotopic (exact) mass is 261 g/mol. The van der Waals surface area contributed by atoms with Crippen molar-refractivity contribution in [3.05, 3.63) is 65.2 Å². The maximum absolute atomic E-state index is 9.36. The van der Waals surface area contributed by atoms with Crippen LogP contribution in [0.3, 0.4) is 0 Å². The zero-order valence-corrected chi connectivity index (χ0v) is 10.8. The Morgan fingerprint density at radius 3 is 2.17 bits per heavy atom. The lowest BCUT2D eigenvalue weighted by atomic mass is 10.1. The highest BCUT2D eigenvalue weighted by atomic mass is 35.5. The largest absolute Gasteiger partial charge is 0.508 e. The van der Waals surface area contributed by atoms with Crippen molar-refractivity contribution < 1.29 is 5.11 Å². The SMILES string of the molecule is Oc1cccc(CNCc2cccc(CCl)c2)c1. The quantitative estimate of drug-likeness (QED) is 0.809. The van der Waals surface area contributed by atoms with Gasteiger partial charge in [0, 0.05) is 19.0 Å². The lowest BCUT2D eigenvalue weighted by molar-refractivity contribution is 0.474. The van der Waals surface area contributed by atoms with Gasteiger partial charge in [-0.1, -0.05) is 36.4 Å². The molecular formula is C15H16ClNO. The minimum Gasteiger partial charge on any atom is -0.508 e. The van der Waals surface area contributed by atoms with Crippen LogP contribution in [-0.4, -0.2) is 5.11 Å². The number of halogens is 1. The third kappa shape index (κ3) is 3.76. The summed E-state index contributed by atoms with van der Waals surface area (Å²) in [6, 6.07) is 15.5. The Hall–Kier alpha value is -1.51. The molecule has 3 heteroatoms. The molecule has 0 unspecified atom stereocenters. The summed E-state index contributed by atoms with van der Waals surface area (Å²) in [5, 5.41) is 12.7. The maximum atomic E-state index is 9.36. The number of hydrogen-bond donors (Lipinski definition) is 2. The van der Waals surface area contributed by atoms with Crippen LogP contribution in [0.15, 0.2) is 48.5 Å². The Morgan fingerprint density at radius 1 is 0.889 bits per heavy atom. The molecule has 0 amide bonds. The van der Waals surface area contributed by atoms with Crippen LogP contribution < -0.4 is 5.32 Å². The molecule has 0 aliphatic rings. The maximum Gasteiger partial charge on any atom is 0.115 e. The number of benzene rings is 2. The third-order valence-electron chi connectivity index (χ3n) is 2.71. The molecule has 0 saturated carbocycles. The summed E-state index contributed by atoms with van der Waals surface area (Å²) in [5.74, 6) is 0.846. The molecule has 0 saturated heterocycles. The average molecular weight is 262 g/mol. The summed E-state index contributed by atoms with van der Waals surface area (Å²) < 4.78 is 0. The van der Waals surface area contributed by atoms with E-state index >= 15 is 0 Å². The van der Waals surface area contributed by atoms with E-state index in [1.54, 1.807) is 12.1 Å². The first-order chi connectivity index (χ1) is 8.78. The van der Waals surface area contributed by atoms with E-state index in [0.717, 1.165) is 24.2 Å². The molecule has 2 N–H and O–H groups in total. The molecule has 0 atom stereocenters. The topological polar surface area (TPSA) is 32.3 Å². The summed E-state index contributed by atoms with van der Waals surface area (Å²) in [4.78, 5) is 0. The van der Waals surface area contributed by atoms with E-state index in [4.69, 9.17) is 11.6 Å². The Morgan fingerprint density at radius 2 is 1.50 bits per heavy atom. The number of rotatable bonds is 5. The summed E-state index contributed by atoms with van der Waals surface area (Å²) in [6.45, 7) is 1.53. The molecule has 2 rings (SSSR count).